The van der Waals surface area contributed by atoms with Crippen LogP contribution in [0, 0.1) is 4.91 Å². The van der Waals surface area contributed by atoms with Crippen molar-refractivity contribution in [3.8, 4) is 5.75 Å². The fourth-order valence-corrected chi connectivity index (χ4v) is 4.18. The van der Waals surface area contributed by atoms with Crippen molar-refractivity contribution in [1.29, 1.82) is 0 Å². The zero-order valence-electron chi connectivity index (χ0n) is 27.2. The molecule has 0 heterocycles. The highest BCUT2D eigenvalue weighted by Gasteiger charge is 2.29. The first-order valence-corrected chi connectivity index (χ1v) is 15.2. The Labute approximate surface area is 278 Å². The van der Waals surface area contributed by atoms with E-state index in [4.69, 9.17) is 0 Å². The van der Waals surface area contributed by atoms with E-state index in [1.807, 2.05) is 12.1 Å². The van der Waals surface area contributed by atoms with Crippen molar-refractivity contribution in [1.82, 2.24) is 5.32 Å². The van der Waals surface area contributed by atoms with Crippen molar-refractivity contribution >= 4 is 23.9 Å². The predicted molar refractivity (Wildman–Crippen MR) is 182 cm³/mol. The second kappa shape index (κ2) is 19.4. The van der Waals surface area contributed by atoms with Gasteiger partial charge in [-0.25, -0.2) is 0 Å². The first-order valence-electron chi connectivity index (χ1n) is 15.2. The quantitative estimate of drug-likeness (QED) is 0.0774. The third-order valence-electron chi connectivity index (χ3n) is 7.23. The second-order valence-electron chi connectivity index (χ2n) is 10.9. The first-order chi connectivity index (χ1) is 22.8. The van der Waals surface area contributed by atoms with Crippen LogP contribution < -0.4 is 10.2 Å². The number of alkyl halides is 3. The molecule has 0 atom stereocenters. The Balaban J connectivity index is 0.000000567. The van der Waals surface area contributed by atoms with Crippen LogP contribution in [0.15, 0.2) is 108 Å². The summed E-state index contributed by atoms with van der Waals surface area (Å²) in [6.45, 7) is 8.91. The molecule has 0 aliphatic rings. The number of benzene rings is 3. The molecule has 8 nitrogen and oxygen atoms in total. The van der Waals surface area contributed by atoms with Crippen LogP contribution in [0.2, 0.25) is 0 Å². The summed E-state index contributed by atoms with van der Waals surface area (Å²) in [4.78, 5) is 47.7. The van der Waals surface area contributed by atoms with Gasteiger partial charge in [0.05, 0.1) is 12.1 Å². The number of nitroso groups, excluding NO2 is 1. The van der Waals surface area contributed by atoms with E-state index in [1.54, 1.807) is 31.2 Å². The fourth-order valence-electron chi connectivity index (χ4n) is 4.18. The van der Waals surface area contributed by atoms with Crippen molar-refractivity contribution in [2.45, 2.75) is 65.7 Å². The first kappa shape index (κ1) is 38.9. The molecule has 254 valence electrons. The van der Waals surface area contributed by atoms with Gasteiger partial charge in [-0.2, -0.15) is 13.2 Å². The Morgan fingerprint density at radius 3 is 2.12 bits per heavy atom. The molecule has 3 aromatic rings. The number of nitrogens with zero attached hydrogens (tertiary/aromatic N) is 2. The van der Waals surface area contributed by atoms with Crippen LogP contribution in [0.5, 0.6) is 5.75 Å². The lowest BCUT2D eigenvalue weighted by Gasteiger charge is -2.18. The Morgan fingerprint density at radius 1 is 0.938 bits per heavy atom. The molecule has 0 spiro atoms. The van der Waals surface area contributed by atoms with E-state index in [-0.39, 0.29) is 18.0 Å². The lowest BCUT2D eigenvalue weighted by atomic mass is 10.1. The molecule has 2 N–H and O–H groups in total. The van der Waals surface area contributed by atoms with Crippen LogP contribution in [0.25, 0.3) is 0 Å². The van der Waals surface area contributed by atoms with E-state index in [2.05, 4.69) is 36.1 Å². The number of phenolic OH excluding ortho intramolecular Hbond substituents is 1. The van der Waals surface area contributed by atoms with Crippen LogP contribution in [0.3, 0.4) is 0 Å². The zero-order chi connectivity index (χ0) is 35.7. The minimum atomic E-state index is -4.22. The van der Waals surface area contributed by atoms with Crippen LogP contribution in [0.4, 0.5) is 18.9 Å². The minimum Gasteiger partial charge on any atom is -0.507 e. The van der Waals surface area contributed by atoms with E-state index >= 15 is 0 Å². The molecule has 0 unspecified atom stereocenters. The molecule has 0 saturated heterocycles. The molecule has 3 rings (SSSR count). The molecule has 11 heteroatoms. The molecule has 3 aromatic carbocycles. The van der Waals surface area contributed by atoms with Crippen LogP contribution in [-0.4, -0.2) is 29.5 Å². The highest BCUT2D eigenvalue weighted by molar-refractivity contribution is 5.99. The Kier molecular flexibility index (Phi) is 15.7. The summed E-state index contributed by atoms with van der Waals surface area (Å²) in [6, 6.07) is 19.0. The van der Waals surface area contributed by atoms with Gasteiger partial charge in [0.15, 0.2) is 0 Å². The molecule has 0 fully saturated rings. The lowest BCUT2D eigenvalue weighted by Crippen LogP contribution is -2.23. The number of hydrogen-bond donors (Lipinski definition) is 2. The molecular weight excluding hydrogens is 623 g/mol. The number of phenols is 1. The number of carbonyl (C=O) groups excluding carboxylic acids is 3. The maximum absolute atomic E-state index is 12.6. The summed E-state index contributed by atoms with van der Waals surface area (Å²) in [5, 5.41) is 15.0. The third kappa shape index (κ3) is 12.8. The molecule has 0 saturated carbocycles. The van der Waals surface area contributed by atoms with Gasteiger partial charge in [0.1, 0.15) is 5.75 Å². The number of carbonyl (C=O) groups is 3. The number of amides is 3. The number of anilines is 1. The molecule has 0 aromatic heterocycles. The molecule has 0 aliphatic heterocycles. The maximum atomic E-state index is 12.6. The van der Waals surface area contributed by atoms with Gasteiger partial charge in [-0.05, 0) is 73.7 Å². The normalized spacial score (nSPS) is 11.5. The average Bonchev–Trinajstić information content (AvgIpc) is 3.09. The fraction of sp³-hybridized carbons (Fsp3) is 0.270. The highest BCUT2D eigenvalue weighted by Crippen LogP contribution is 2.26. The summed E-state index contributed by atoms with van der Waals surface area (Å²) in [7, 11) is 0. The largest absolute Gasteiger partial charge is 0.507 e. The van der Waals surface area contributed by atoms with E-state index < -0.39 is 23.4 Å². The van der Waals surface area contributed by atoms with Crippen molar-refractivity contribution in [2.24, 2.45) is 5.18 Å². The smallest absolute Gasteiger partial charge is 0.412 e. The van der Waals surface area contributed by atoms with E-state index in [9.17, 15) is 37.6 Å². The number of allylic oxidation sites excluding steroid dienone is 5. The Bertz CT molecular complexity index is 1610. The van der Waals surface area contributed by atoms with Gasteiger partial charge >= 0.3 is 12.1 Å². The number of aryl methyl sites for hydroxylation is 1. The molecule has 0 bridgehead atoms. The van der Waals surface area contributed by atoms with Gasteiger partial charge < -0.3 is 15.3 Å². The summed E-state index contributed by atoms with van der Waals surface area (Å²) in [5.41, 5.74) is 3.68. The molecular formula is C37H40F3N3O5. The lowest BCUT2D eigenvalue weighted by molar-refractivity contribution is -0.107. The summed E-state index contributed by atoms with van der Waals surface area (Å²) >= 11 is 0. The number of unbranched alkanes of at least 4 members (excludes halogenated alkanes) is 2. The van der Waals surface area contributed by atoms with Gasteiger partial charge in [0, 0.05) is 28.5 Å². The number of hydrogen-bond acceptors (Lipinski definition) is 5. The van der Waals surface area contributed by atoms with E-state index in [1.165, 1.54) is 60.1 Å². The van der Waals surface area contributed by atoms with Crippen molar-refractivity contribution in [3.05, 3.63) is 135 Å². The molecule has 0 aliphatic carbocycles. The summed E-state index contributed by atoms with van der Waals surface area (Å²) in [6.07, 6.45) is 4.94. The minimum absolute atomic E-state index is 0.156. The molecule has 3 amide bonds. The van der Waals surface area contributed by atoms with Gasteiger partial charge in [0.25, 0.3) is 5.91 Å². The number of rotatable bonds is 14. The second-order valence-corrected chi connectivity index (χ2v) is 10.9. The number of halogens is 3. The average molecular weight is 664 g/mol. The SMILES string of the molecule is C=C/C(C)=C\C=C(/C)C(F)(F)F.CCCCCc1ccc(CNC(=O)c2ccc(CN(C=O)c3ccc(O)c(C(=O)N=O)c3)cc2)cc1. The molecule has 0 radical (unpaired) electrons. The topological polar surface area (TPSA) is 116 Å². The monoisotopic (exact) mass is 663 g/mol. The van der Waals surface area contributed by atoms with Crippen molar-refractivity contribution in [2.75, 3.05) is 4.90 Å². The van der Waals surface area contributed by atoms with Crippen molar-refractivity contribution < 1.29 is 32.7 Å². The zero-order valence-corrected chi connectivity index (χ0v) is 27.2. The van der Waals surface area contributed by atoms with E-state index in [0.717, 1.165) is 30.5 Å². The van der Waals surface area contributed by atoms with E-state index in [0.29, 0.717) is 29.8 Å². The molecule has 48 heavy (non-hydrogen) atoms. The Morgan fingerprint density at radius 2 is 1.56 bits per heavy atom. The summed E-state index contributed by atoms with van der Waals surface area (Å²) in [5.74, 6) is -1.73. The highest BCUT2D eigenvalue weighted by atomic mass is 19.4. The third-order valence-corrected chi connectivity index (χ3v) is 7.23. The van der Waals surface area contributed by atoms with Crippen LogP contribution in [-0.2, 0) is 24.3 Å². The van der Waals surface area contributed by atoms with Crippen molar-refractivity contribution in [3.63, 3.8) is 0 Å². The number of nitrogens with one attached hydrogen (secondary N) is 1. The predicted octanol–water partition coefficient (Wildman–Crippen LogP) is 8.75. The van der Waals surface area contributed by atoms with Gasteiger partial charge in [-0.1, -0.05) is 86.5 Å². The summed E-state index contributed by atoms with van der Waals surface area (Å²) < 4.78 is 35.6. The van der Waals surface area contributed by atoms with Crippen LogP contribution in [0.1, 0.15) is 77.4 Å². The van der Waals surface area contributed by atoms with Crippen LogP contribution >= 0.6 is 0 Å². The number of aromatic hydroxyl groups is 1. The van der Waals surface area contributed by atoms with Gasteiger partial charge in [0.2, 0.25) is 6.41 Å². The maximum Gasteiger partial charge on any atom is 0.412 e. The Hall–Kier alpha value is -5.32. The van der Waals surface area contributed by atoms with Gasteiger partial charge in [-0.3, -0.25) is 14.4 Å². The van der Waals surface area contributed by atoms with Gasteiger partial charge in [-0.15, -0.1) is 4.91 Å². The standard InChI is InChI=1S/C28H29N3O5.C9H11F3/c1-2-3-4-5-20-6-8-21(9-7-20)17-29-27(34)23-12-10-22(11-13-23)18-31(19-32)24-14-15-26(33)25(16-24)28(35)30-36;1-4-7(2)5-6-8(3)9(10,11)12/h6-16,19,33H,2-5,17-18H2,1H3,(H,29,34);4-6H,1H2,2-3H3/b;7-5-,8-6+.